The first-order chi connectivity index (χ1) is 9.81. The Labute approximate surface area is 129 Å². The first-order valence-electron chi connectivity index (χ1n) is 8.11. The zero-order valence-electron chi connectivity index (χ0n) is 14.2. The van der Waals surface area contributed by atoms with E-state index in [0.29, 0.717) is 11.8 Å². The number of halogens is 1. The fourth-order valence-electron chi connectivity index (χ4n) is 2.36. The second kappa shape index (κ2) is 8.38. The van der Waals surface area contributed by atoms with Gasteiger partial charge in [0.25, 0.3) is 0 Å². The number of anilines is 1. The predicted molar refractivity (Wildman–Crippen MR) is 90.1 cm³/mol. The summed E-state index contributed by atoms with van der Waals surface area (Å²) in [7, 11) is 0. The molecule has 0 aromatic heterocycles. The average molecular weight is 294 g/mol. The van der Waals surface area contributed by atoms with Gasteiger partial charge in [-0.25, -0.2) is 4.39 Å². The summed E-state index contributed by atoms with van der Waals surface area (Å²) in [5, 5.41) is 0. The van der Waals surface area contributed by atoms with Gasteiger partial charge in [-0.05, 0) is 55.4 Å². The molecule has 1 aromatic rings. The summed E-state index contributed by atoms with van der Waals surface area (Å²) in [5.41, 5.74) is 8.04. The lowest BCUT2D eigenvalue weighted by Crippen LogP contribution is -2.29. The molecular formula is C18H31FN2. The number of nitrogens with two attached hydrogens (primary N) is 1. The van der Waals surface area contributed by atoms with Gasteiger partial charge in [-0.2, -0.15) is 0 Å². The summed E-state index contributed by atoms with van der Waals surface area (Å²) in [5.74, 6) is 1.11. The highest BCUT2D eigenvalue weighted by Gasteiger charge is 2.15. The maximum absolute atomic E-state index is 13.5. The number of hydrogen-bond acceptors (Lipinski definition) is 2. The summed E-state index contributed by atoms with van der Waals surface area (Å²) < 4.78 is 13.5. The fraction of sp³-hybridized carbons (Fsp3) is 0.667. The van der Waals surface area contributed by atoms with Crippen molar-refractivity contribution in [2.75, 3.05) is 18.0 Å². The zero-order valence-corrected chi connectivity index (χ0v) is 14.2. The van der Waals surface area contributed by atoms with Crippen molar-refractivity contribution in [3.63, 3.8) is 0 Å². The Kier molecular flexibility index (Phi) is 7.16. The van der Waals surface area contributed by atoms with Crippen molar-refractivity contribution < 1.29 is 4.39 Å². The molecule has 0 saturated carbocycles. The summed E-state index contributed by atoms with van der Waals surface area (Å²) >= 11 is 0. The Hall–Kier alpha value is -1.09. The van der Waals surface area contributed by atoms with Crippen LogP contribution < -0.4 is 10.6 Å². The lowest BCUT2D eigenvalue weighted by atomic mass is 10.0. The molecule has 0 bridgehead atoms. The van der Waals surface area contributed by atoms with Crippen LogP contribution in [0.15, 0.2) is 18.2 Å². The average Bonchev–Trinajstić information content (AvgIpc) is 2.38. The van der Waals surface area contributed by atoms with Crippen LogP contribution in [0.5, 0.6) is 0 Å². The van der Waals surface area contributed by atoms with E-state index in [1.807, 2.05) is 13.0 Å². The third-order valence-corrected chi connectivity index (χ3v) is 3.77. The van der Waals surface area contributed by atoms with Crippen LogP contribution in [0, 0.1) is 17.7 Å². The highest BCUT2D eigenvalue weighted by atomic mass is 19.1. The Balaban J connectivity index is 3.00. The first-order valence-corrected chi connectivity index (χ1v) is 8.11. The molecule has 0 spiro atoms. The standard InChI is InChI=1S/C18H31FN2/c1-13(2)8-10-21(11-9-14(3)4)18-7-6-16(19)12-17(18)15(5)20/h6-7,12-15H,8-11,20H2,1-5H3. The van der Waals surface area contributed by atoms with Crippen LogP contribution >= 0.6 is 0 Å². The van der Waals surface area contributed by atoms with Gasteiger partial charge in [0.15, 0.2) is 0 Å². The van der Waals surface area contributed by atoms with E-state index in [1.165, 1.54) is 0 Å². The molecule has 21 heavy (non-hydrogen) atoms. The van der Waals surface area contributed by atoms with Crippen LogP contribution in [0.4, 0.5) is 10.1 Å². The minimum absolute atomic E-state index is 0.156. The molecule has 1 aromatic carbocycles. The molecule has 0 saturated heterocycles. The zero-order chi connectivity index (χ0) is 16.0. The Bertz CT molecular complexity index is 415. The minimum atomic E-state index is -0.210. The van der Waals surface area contributed by atoms with Crippen molar-refractivity contribution in [2.24, 2.45) is 17.6 Å². The smallest absolute Gasteiger partial charge is 0.123 e. The summed E-state index contributed by atoms with van der Waals surface area (Å²) in [6.45, 7) is 12.8. The topological polar surface area (TPSA) is 29.3 Å². The van der Waals surface area contributed by atoms with Gasteiger partial charge >= 0.3 is 0 Å². The molecule has 0 aliphatic rings. The number of benzene rings is 1. The van der Waals surface area contributed by atoms with Crippen molar-refractivity contribution in [2.45, 2.75) is 53.5 Å². The van der Waals surface area contributed by atoms with Crippen LogP contribution in [0.3, 0.4) is 0 Å². The normalized spacial score (nSPS) is 13.0. The molecular weight excluding hydrogens is 263 g/mol. The molecule has 0 fully saturated rings. The molecule has 1 atom stereocenters. The van der Waals surface area contributed by atoms with E-state index in [4.69, 9.17) is 5.73 Å². The fourth-order valence-corrected chi connectivity index (χ4v) is 2.36. The van der Waals surface area contributed by atoms with E-state index in [-0.39, 0.29) is 11.9 Å². The second-order valence-corrected chi connectivity index (χ2v) is 6.84. The van der Waals surface area contributed by atoms with Crippen LogP contribution in [0.2, 0.25) is 0 Å². The molecule has 0 aliphatic carbocycles. The van der Waals surface area contributed by atoms with Crippen LogP contribution in [-0.2, 0) is 0 Å². The van der Waals surface area contributed by atoms with Crippen molar-refractivity contribution in [3.05, 3.63) is 29.6 Å². The Morgan fingerprint density at radius 2 is 1.52 bits per heavy atom. The molecule has 0 aliphatic heterocycles. The lowest BCUT2D eigenvalue weighted by molar-refractivity contribution is 0.533. The van der Waals surface area contributed by atoms with Gasteiger partial charge in [0.1, 0.15) is 5.82 Å². The monoisotopic (exact) mass is 294 g/mol. The van der Waals surface area contributed by atoms with E-state index in [0.717, 1.165) is 37.2 Å². The molecule has 0 amide bonds. The SMILES string of the molecule is CC(C)CCN(CCC(C)C)c1ccc(F)cc1C(C)N. The molecule has 2 nitrogen and oxygen atoms in total. The largest absolute Gasteiger partial charge is 0.371 e. The van der Waals surface area contributed by atoms with E-state index >= 15 is 0 Å². The van der Waals surface area contributed by atoms with Gasteiger partial charge in [-0.15, -0.1) is 0 Å². The van der Waals surface area contributed by atoms with Gasteiger partial charge < -0.3 is 10.6 Å². The molecule has 2 N–H and O–H groups in total. The quantitative estimate of drug-likeness (QED) is 0.750. The second-order valence-electron chi connectivity index (χ2n) is 6.84. The van der Waals surface area contributed by atoms with Gasteiger partial charge in [0.2, 0.25) is 0 Å². The molecule has 0 heterocycles. The Morgan fingerprint density at radius 3 is 1.95 bits per heavy atom. The van der Waals surface area contributed by atoms with Crippen molar-refractivity contribution in [3.8, 4) is 0 Å². The van der Waals surface area contributed by atoms with Gasteiger partial charge in [0, 0.05) is 24.8 Å². The van der Waals surface area contributed by atoms with Crippen LogP contribution in [0.25, 0.3) is 0 Å². The summed E-state index contributed by atoms with van der Waals surface area (Å²) in [4.78, 5) is 2.37. The van der Waals surface area contributed by atoms with Gasteiger partial charge in [-0.1, -0.05) is 27.7 Å². The third-order valence-electron chi connectivity index (χ3n) is 3.77. The highest BCUT2D eigenvalue weighted by Crippen LogP contribution is 2.27. The first kappa shape index (κ1) is 18.0. The molecule has 0 radical (unpaired) electrons. The Morgan fingerprint density at radius 1 is 1.00 bits per heavy atom. The highest BCUT2D eigenvalue weighted by molar-refractivity contribution is 5.55. The van der Waals surface area contributed by atoms with E-state index < -0.39 is 0 Å². The third kappa shape index (κ3) is 6.04. The predicted octanol–water partition coefficient (Wildman–Crippen LogP) is 4.74. The van der Waals surface area contributed by atoms with Crippen LogP contribution in [-0.4, -0.2) is 13.1 Å². The summed E-state index contributed by atoms with van der Waals surface area (Å²) in [6, 6.07) is 4.85. The maximum Gasteiger partial charge on any atom is 0.123 e. The van der Waals surface area contributed by atoms with Gasteiger partial charge in [-0.3, -0.25) is 0 Å². The number of nitrogens with zero attached hydrogens (tertiary/aromatic N) is 1. The van der Waals surface area contributed by atoms with Crippen molar-refractivity contribution >= 4 is 5.69 Å². The van der Waals surface area contributed by atoms with Crippen molar-refractivity contribution in [1.82, 2.24) is 0 Å². The van der Waals surface area contributed by atoms with Gasteiger partial charge in [0.05, 0.1) is 0 Å². The molecule has 1 rings (SSSR count). The number of rotatable bonds is 8. The maximum atomic E-state index is 13.5. The van der Waals surface area contributed by atoms with Crippen molar-refractivity contribution in [1.29, 1.82) is 0 Å². The van der Waals surface area contributed by atoms with E-state index in [2.05, 4.69) is 32.6 Å². The van der Waals surface area contributed by atoms with E-state index in [1.54, 1.807) is 12.1 Å². The molecule has 120 valence electrons. The number of hydrogen-bond donors (Lipinski definition) is 1. The van der Waals surface area contributed by atoms with Crippen LogP contribution in [0.1, 0.15) is 59.1 Å². The minimum Gasteiger partial charge on any atom is -0.371 e. The lowest BCUT2D eigenvalue weighted by Gasteiger charge is -2.29. The van der Waals surface area contributed by atoms with E-state index in [9.17, 15) is 4.39 Å². The molecule has 3 heteroatoms. The summed E-state index contributed by atoms with van der Waals surface area (Å²) in [6.07, 6.45) is 2.27. The molecule has 1 unspecified atom stereocenters.